The van der Waals surface area contributed by atoms with Crippen LogP contribution in [-0.4, -0.2) is 54.9 Å². The summed E-state index contributed by atoms with van der Waals surface area (Å²) in [7, 11) is 1.55. The summed E-state index contributed by atoms with van der Waals surface area (Å²) < 4.78 is 42.8. The molecule has 2 aromatic carbocycles. The molecule has 1 saturated heterocycles. The third-order valence-corrected chi connectivity index (χ3v) is 6.10. The van der Waals surface area contributed by atoms with Crippen LogP contribution in [0, 0.1) is 21.7 Å². The van der Waals surface area contributed by atoms with Gasteiger partial charge in [0.25, 0.3) is 0 Å². The second-order valence-electron chi connectivity index (χ2n) is 8.59. The first-order valence-corrected chi connectivity index (χ1v) is 11.7. The van der Waals surface area contributed by atoms with Crippen LogP contribution >= 0.6 is 0 Å². The van der Waals surface area contributed by atoms with E-state index < -0.39 is 22.2 Å². The number of nitro groups is 1. The summed E-state index contributed by atoms with van der Waals surface area (Å²) in [6.45, 7) is 3.10. The lowest BCUT2D eigenvalue weighted by Crippen LogP contribution is -2.52. The standard InChI is InChI=1S/C24H23F2N7O5/c1-3-37-17-11-30(12-17)22-21(33(35)36)23(29(2)28-22)38-16-9-7-15(8-10-16)32-24(34)31(14-27-32)13-18-19(25)5-4-6-20(18)26/h4-10,14,17H,3,11-13H2,1-2H3. The topological polar surface area (TPSA) is 122 Å². The molecule has 1 fully saturated rings. The zero-order chi connectivity index (χ0) is 27.0. The third kappa shape index (κ3) is 4.61. The molecule has 4 aromatic rings. The average molecular weight is 527 g/mol. The smallest absolute Gasteiger partial charge is 0.374 e. The van der Waals surface area contributed by atoms with Gasteiger partial charge in [0.05, 0.1) is 23.3 Å². The van der Waals surface area contributed by atoms with Gasteiger partial charge in [0, 0.05) is 32.3 Å². The van der Waals surface area contributed by atoms with Crippen molar-refractivity contribution in [3.63, 3.8) is 0 Å². The Bertz CT molecular complexity index is 1520. The number of nitrogens with zero attached hydrogens (tertiary/aromatic N) is 7. The summed E-state index contributed by atoms with van der Waals surface area (Å²) in [6, 6.07) is 9.57. The SMILES string of the molecule is CCOC1CN(c2nn(C)c(Oc3ccc(-n4ncn(Cc5c(F)cccc5F)c4=O)cc3)c2[N+](=O)[O-])C1. The average Bonchev–Trinajstić information content (AvgIpc) is 3.38. The van der Waals surface area contributed by atoms with Crippen LogP contribution in [0.2, 0.25) is 0 Å². The number of benzene rings is 2. The van der Waals surface area contributed by atoms with E-state index in [4.69, 9.17) is 9.47 Å². The van der Waals surface area contributed by atoms with Crippen LogP contribution < -0.4 is 15.3 Å². The molecular weight excluding hydrogens is 504 g/mol. The molecule has 0 amide bonds. The Morgan fingerprint density at radius 3 is 2.45 bits per heavy atom. The van der Waals surface area contributed by atoms with Crippen LogP contribution in [0.5, 0.6) is 11.6 Å². The van der Waals surface area contributed by atoms with Crippen molar-refractivity contribution in [2.75, 3.05) is 24.6 Å². The molecule has 14 heteroatoms. The highest BCUT2D eigenvalue weighted by Crippen LogP contribution is 2.40. The van der Waals surface area contributed by atoms with Crippen molar-refractivity contribution >= 4 is 11.5 Å². The number of hydrogen-bond acceptors (Lipinski definition) is 8. The second kappa shape index (κ2) is 10.0. The van der Waals surface area contributed by atoms with Gasteiger partial charge in [-0.25, -0.2) is 18.3 Å². The Labute approximate surface area is 214 Å². The summed E-state index contributed by atoms with van der Waals surface area (Å²) in [5.74, 6) is -1.11. The van der Waals surface area contributed by atoms with Crippen molar-refractivity contribution in [1.82, 2.24) is 24.1 Å². The predicted molar refractivity (Wildman–Crippen MR) is 131 cm³/mol. The molecule has 1 aliphatic heterocycles. The van der Waals surface area contributed by atoms with Crippen molar-refractivity contribution in [2.24, 2.45) is 7.05 Å². The van der Waals surface area contributed by atoms with Crippen molar-refractivity contribution < 1.29 is 23.2 Å². The third-order valence-electron chi connectivity index (χ3n) is 6.10. The van der Waals surface area contributed by atoms with Gasteiger partial charge >= 0.3 is 17.3 Å². The van der Waals surface area contributed by atoms with E-state index in [0.29, 0.717) is 25.4 Å². The molecule has 0 aliphatic carbocycles. The fourth-order valence-electron chi connectivity index (χ4n) is 4.16. The van der Waals surface area contributed by atoms with E-state index in [-0.39, 0.29) is 41.3 Å². The summed E-state index contributed by atoms with van der Waals surface area (Å²) in [5, 5.41) is 20.2. The van der Waals surface area contributed by atoms with Crippen LogP contribution in [0.1, 0.15) is 12.5 Å². The summed E-state index contributed by atoms with van der Waals surface area (Å²) in [4.78, 5) is 25.9. The van der Waals surface area contributed by atoms with Crippen LogP contribution in [0.25, 0.3) is 5.69 Å². The van der Waals surface area contributed by atoms with Gasteiger partial charge in [0.15, 0.2) is 0 Å². The highest BCUT2D eigenvalue weighted by atomic mass is 19.1. The van der Waals surface area contributed by atoms with Gasteiger partial charge < -0.3 is 14.4 Å². The minimum atomic E-state index is -0.762. The number of aromatic nitrogens is 5. The number of ether oxygens (including phenoxy) is 2. The first-order valence-electron chi connectivity index (χ1n) is 11.7. The van der Waals surface area contributed by atoms with Crippen LogP contribution in [0.15, 0.2) is 53.6 Å². The molecule has 38 heavy (non-hydrogen) atoms. The lowest BCUT2D eigenvalue weighted by atomic mass is 10.1. The number of hydrogen-bond donors (Lipinski definition) is 0. The second-order valence-corrected chi connectivity index (χ2v) is 8.59. The Hall–Kier alpha value is -4.59. The first-order chi connectivity index (χ1) is 18.3. The monoisotopic (exact) mass is 527 g/mol. The minimum Gasteiger partial charge on any atom is -0.434 e. The molecule has 1 aliphatic rings. The van der Waals surface area contributed by atoms with Gasteiger partial charge in [-0.05, 0) is 43.3 Å². The highest BCUT2D eigenvalue weighted by Gasteiger charge is 2.38. The van der Waals surface area contributed by atoms with Crippen molar-refractivity contribution in [3.05, 3.63) is 86.6 Å². The fraction of sp³-hybridized carbons (Fsp3) is 0.292. The van der Waals surface area contributed by atoms with E-state index in [1.54, 1.807) is 11.9 Å². The molecule has 5 rings (SSSR count). The highest BCUT2D eigenvalue weighted by molar-refractivity contribution is 5.66. The largest absolute Gasteiger partial charge is 0.434 e. The van der Waals surface area contributed by atoms with Crippen LogP contribution in [-0.2, 0) is 18.3 Å². The number of halogens is 2. The summed E-state index contributed by atoms with van der Waals surface area (Å²) in [5.41, 5.74) is -0.755. The fourth-order valence-corrected chi connectivity index (χ4v) is 4.16. The molecular formula is C24H23F2N7O5. The molecule has 0 spiro atoms. The Kier molecular flexibility index (Phi) is 6.63. The van der Waals surface area contributed by atoms with Gasteiger partial charge in [0.1, 0.15) is 23.7 Å². The molecule has 0 bridgehead atoms. The number of anilines is 1. The lowest BCUT2D eigenvalue weighted by molar-refractivity contribution is -0.385. The number of rotatable bonds is 9. The van der Waals surface area contributed by atoms with Gasteiger partial charge in [-0.2, -0.15) is 9.78 Å². The van der Waals surface area contributed by atoms with Crippen molar-refractivity contribution in [2.45, 2.75) is 19.6 Å². The first kappa shape index (κ1) is 25.1. The van der Waals surface area contributed by atoms with E-state index in [0.717, 1.165) is 21.4 Å². The quantitative estimate of drug-likeness (QED) is 0.241. The van der Waals surface area contributed by atoms with Crippen molar-refractivity contribution in [3.8, 4) is 17.3 Å². The maximum Gasteiger partial charge on any atom is 0.374 e. The molecule has 198 valence electrons. The maximum atomic E-state index is 14.0. The van der Waals surface area contributed by atoms with Crippen LogP contribution in [0.3, 0.4) is 0 Å². The van der Waals surface area contributed by atoms with Crippen LogP contribution in [0.4, 0.5) is 20.3 Å². The Morgan fingerprint density at radius 2 is 1.82 bits per heavy atom. The van der Waals surface area contributed by atoms with E-state index in [1.165, 1.54) is 41.3 Å². The zero-order valence-corrected chi connectivity index (χ0v) is 20.5. The molecule has 0 saturated carbocycles. The molecule has 0 atom stereocenters. The summed E-state index contributed by atoms with van der Waals surface area (Å²) >= 11 is 0. The maximum absolute atomic E-state index is 14.0. The van der Waals surface area contributed by atoms with Gasteiger partial charge in [-0.1, -0.05) is 6.07 Å². The lowest BCUT2D eigenvalue weighted by Gasteiger charge is -2.38. The van der Waals surface area contributed by atoms with E-state index in [2.05, 4.69) is 10.2 Å². The molecule has 0 unspecified atom stereocenters. The Balaban J connectivity index is 1.35. The molecule has 2 aromatic heterocycles. The van der Waals surface area contributed by atoms with E-state index in [1.807, 2.05) is 6.92 Å². The molecule has 0 N–H and O–H groups in total. The predicted octanol–water partition coefficient (Wildman–Crippen LogP) is 3.02. The molecule has 0 radical (unpaired) electrons. The van der Waals surface area contributed by atoms with Crippen molar-refractivity contribution in [1.29, 1.82) is 0 Å². The zero-order valence-electron chi connectivity index (χ0n) is 20.5. The van der Waals surface area contributed by atoms with Gasteiger partial charge in [-0.3, -0.25) is 14.7 Å². The van der Waals surface area contributed by atoms with E-state index in [9.17, 15) is 23.7 Å². The number of aryl methyl sites for hydroxylation is 1. The van der Waals surface area contributed by atoms with E-state index >= 15 is 0 Å². The Morgan fingerprint density at radius 1 is 1.13 bits per heavy atom. The molecule has 12 nitrogen and oxygen atoms in total. The molecule has 3 heterocycles. The van der Waals surface area contributed by atoms with Gasteiger partial charge in [-0.15, -0.1) is 5.10 Å². The normalized spacial score (nSPS) is 13.5. The minimum absolute atomic E-state index is 0.00357. The van der Waals surface area contributed by atoms with Gasteiger partial charge in [0.2, 0.25) is 5.82 Å². The summed E-state index contributed by atoms with van der Waals surface area (Å²) in [6.07, 6.45) is 1.18.